The molecule has 0 aliphatic heterocycles. The van der Waals surface area contributed by atoms with Crippen LogP contribution in [0.4, 0.5) is 5.69 Å². The van der Waals surface area contributed by atoms with E-state index in [2.05, 4.69) is 27.3 Å². The van der Waals surface area contributed by atoms with E-state index in [1.54, 1.807) is 18.2 Å². The molecule has 3 aromatic carbocycles. The molecule has 0 aliphatic carbocycles. The summed E-state index contributed by atoms with van der Waals surface area (Å²) in [6, 6.07) is 18.1. The minimum absolute atomic E-state index is 0.0854. The molecule has 0 aromatic heterocycles. The molecular weight excluding hydrogens is 454 g/mol. The molecule has 152 valence electrons. The first kappa shape index (κ1) is 21.2. The Morgan fingerprint density at radius 3 is 2.34 bits per heavy atom. The van der Waals surface area contributed by atoms with E-state index in [-0.39, 0.29) is 10.6 Å². The number of nitrogens with one attached hydrogen (secondary N) is 1. The van der Waals surface area contributed by atoms with E-state index in [1.165, 1.54) is 24.8 Å². The van der Waals surface area contributed by atoms with Gasteiger partial charge in [0.15, 0.2) is 11.5 Å². The number of rotatable bonds is 7. The van der Waals surface area contributed by atoms with Gasteiger partial charge < -0.3 is 14.2 Å². The topological polar surface area (TPSA) is 64.6 Å². The lowest BCUT2D eigenvalue weighted by atomic mass is 10.2. The Kier molecular flexibility index (Phi) is 6.49. The van der Waals surface area contributed by atoms with Crippen molar-refractivity contribution in [2.75, 3.05) is 12.4 Å². The van der Waals surface area contributed by atoms with Gasteiger partial charge in [-0.2, -0.15) is 8.42 Å². The number of hydrogen-bond acceptors (Lipinski definition) is 5. The fourth-order valence-electron chi connectivity index (χ4n) is 2.78. The summed E-state index contributed by atoms with van der Waals surface area (Å²) in [6.07, 6.45) is 0. The molecule has 5 nitrogen and oxygen atoms in total. The lowest BCUT2D eigenvalue weighted by Gasteiger charge is -2.15. The number of methoxy groups -OCH3 is 1. The zero-order chi connectivity index (χ0) is 21.0. The smallest absolute Gasteiger partial charge is 0.339 e. The van der Waals surface area contributed by atoms with Crippen LogP contribution in [0.5, 0.6) is 11.5 Å². The van der Waals surface area contributed by atoms with Gasteiger partial charge >= 0.3 is 10.1 Å². The average Bonchev–Trinajstić information content (AvgIpc) is 2.68. The van der Waals surface area contributed by atoms with E-state index in [0.29, 0.717) is 16.8 Å². The minimum atomic E-state index is -3.98. The molecule has 29 heavy (non-hydrogen) atoms. The molecule has 0 spiro atoms. The third kappa shape index (κ3) is 5.31. The van der Waals surface area contributed by atoms with Crippen molar-refractivity contribution in [3.63, 3.8) is 0 Å². The maximum atomic E-state index is 12.6. The first-order valence-electron chi connectivity index (χ1n) is 8.96. The molecule has 0 unspecified atom stereocenters. The monoisotopic (exact) mass is 475 g/mol. The number of aryl methyl sites for hydroxylation is 2. The van der Waals surface area contributed by atoms with Crippen LogP contribution in [0.15, 0.2) is 70.0 Å². The third-order valence-electron chi connectivity index (χ3n) is 4.31. The van der Waals surface area contributed by atoms with Crippen LogP contribution in [0.3, 0.4) is 0 Å². The molecule has 0 radical (unpaired) electrons. The molecule has 0 aliphatic rings. The van der Waals surface area contributed by atoms with E-state index in [1.807, 2.05) is 38.1 Å². The van der Waals surface area contributed by atoms with Crippen LogP contribution in [-0.4, -0.2) is 15.5 Å². The zero-order valence-electron chi connectivity index (χ0n) is 16.4. The van der Waals surface area contributed by atoms with E-state index >= 15 is 0 Å². The Bertz CT molecular complexity index is 1110. The zero-order valence-corrected chi connectivity index (χ0v) is 18.8. The minimum Gasteiger partial charge on any atom is -0.493 e. The van der Waals surface area contributed by atoms with Crippen molar-refractivity contribution >= 4 is 31.7 Å². The lowest BCUT2D eigenvalue weighted by molar-refractivity contribution is 0.389. The Morgan fingerprint density at radius 1 is 0.966 bits per heavy atom. The standard InChI is InChI=1S/C22H22BrNO4S/c1-15-7-9-19(10-8-15)29(25,26)28-22-20(23)12-17(13-21(22)27-3)14-24-18-6-4-5-16(2)11-18/h4-13,24H,14H2,1-3H3. The van der Waals surface area contributed by atoms with Crippen molar-refractivity contribution < 1.29 is 17.3 Å². The highest BCUT2D eigenvalue weighted by atomic mass is 79.9. The van der Waals surface area contributed by atoms with Crippen molar-refractivity contribution in [2.45, 2.75) is 25.3 Å². The molecule has 7 heteroatoms. The molecule has 0 heterocycles. The highest BCUT2D eigenvalue weighted by Crippen LogP contribution is 2.38. The van der Waals surface area contributed by atoms with Crippen LogP contribution in [0.1, 0.15) is 16.7 Å². The van der Waals surface area contributed by atoms with Gasteiger partial charge in [-0.3, -0.25) is 0 Å². The number of hydrogen-bond donors (Lipinski definition) is 1. The first-order valence-corrected chi connectivity index (χ1v) is 11.2. The van der Waals surface area contributed by atoms with Crippen molar-refractivity contribution in [3.8, 4) is 11.5 Å². The molecule has 3 rings (SSSR count). The molecule has 0 saturated carbocycles. The molecule has 1 N–H and O–H groups in total. The van der Waals surface area contributed by atoms with Gasteiger partial charge in [-0.05, 0) is 77.3 Å². The van der Waals surface area contributed by atoms with E-state index in [0.717, 1.165) is 16.8 Å². The molecule has 0 atom stereocenters. The van der Waals surface area contributed by atoms with Gasteiger partial charge in [0.05, 0.1) is 11.6 Å². The highest BCUT2D eigenvalue weighted by Gasteiger charge is 2.22. The summed E-state index contributed by atoms with van der Waals surface area (Å²) in [7, 11) is -2.51. The molecule has 0 saturated heterocycles. The van der Waals surface area contributed by atoms with Crippen LogP contribution in [0.2, 0.25) is 0 Å². The molecule has 0 bridgehead atoms. The third-order valence-corrected chi connectivity index (χ3v) is 6.13. The molecule has 0 fully saturated rings. The van der Waals surface area contributed by atoms with E-state index in [4.69, 9.17) is 8.92 Å². The second kappa shape index (κ2) is 8.88. The normalized spacial score (nSPS) is 11.2. The fraction of sp³-hybridized carbons (Fsp3) is 0.182. The SMILES string of the molecule is COc1cc(CNc2cccc(C)c2)cc(Br)c1OS(=O)(=O)c1ccc(C)cc1. The van der Waals surface area contributed by atoms with Crippen LogP contribution < -0.4 is 14.2 Å². The number of halogens is 1. The first-order chi connectivity index (χ1) is 13.8. The summed E-state index contributed by atoms with van der Waals surface area (Å²) in [5, 5.41) is 3.34. The fourth-order valence-corrected chi connectivity index (χ4v) is 4.41. The van der Waals surface area contributed by atoms with Crippen LogP contribution in [-0.2, 0) is 16.7 Å². The van der Waals surface area contributed by atoms with E-state index < -0.39 is 10.1 Å². The van der Waals surface area contributed by atoms with Gasteiger partial charge in [0.2, 0.25) is 0 Å². The van der Waals surface area contributed by atoms with Crippen molar-refractivity contribution in [2.24, 2.45) is 0 Å². The van der Waals surface area contributed by atoms with Gasteiger partial charge in [0.1, 0.15) is 4.90 Å². The van der Waals surface area contributed by atoms with Gasteiger partial charge in [-0.15, -0.1) is 0 Å². The summed E-state index contributed by atoms with van der Waals surface area (Å²) in [6.45, 7) is 4.47. The predicted molar refractivity (Wildman–Crippen MR) is 118 cm³/mol. The quantitative estimate of drug-likeness (QED) is 0.459. The van der Waals surface area contributed by atoms with Crippen molar-refractivity contribution in [1.29, 1.82) is 0 Å². The summed E-state index contributed by atoms with van der Waals surface area (Å²) < 4.78 is 36.6. The second-order valence-electron chi connectivity index (χ2n) is 6.68. The average molecular weight is 476 g/mol. The van der Waals surface area contributed by atoms with Crippen LogP contribution in [0.25, 0.3) is 0 Å². The second-order valence-corrected chi connectivity index (χ2v) is 9.08. The van der Waals surface area contributed by atoms with Crippen LogP contribution >= 0.6 is 15.9 Å². The van der Waals surface area contributed by atoms with Crippen molar-refractivity contribution in [3.05, 3.63) is 81.8 Å². The van der Waals surface area contributed by atoms with Crippen LogP contribution in [0, 0.1) is 13.8 Å². The van der Waals surface area contributed by atoms with Gasteiger partial charge in [-0.25, -0.2) is 0 Å². The summed E-state index contributed by atoms with van der Waals surface area (Å²) in [4.78, 5) is 0.0854. The predicted octanol–water partition coefficient (Wildman–Crippen LogP) is 5.45. The maximum Gasteiger partial charge on any atom is 0.339 e. The van der Waals surface area contributed by atoms with E-state index in [9.17, 15) is 8.42 Å². The molecule has 0 amide bonds. The largest absolute Gasteiger partial charge is 0.493 e. The highest BCUT2D eigenvalue weighted by molar-refractivity contribution is 9.10. The van der Waals surface area contributed by atoms with Crippen molar-refractivity contribution in [1.82, 2.24) is 0 Å². The Morgan fingerprint density at radius 2 is 1.69 bits per heavy atom. The Hall–Kier alpha value is -2.51. The van der Waals surface area contributed by atoms with Gasteiger partial charge in [0, 0.05) is 12.2 Å². The summed E-state index contributed by atoms with van der Waals surface area (Å²) in [5.41, 5.74) is 4.05. The number of anilines is 1. The Labute approximate surface area is 179 Å². The summed E-state index contributed by atoms with van der Waals surface area (Å²) in [5.74, 6) is 0.448. The number of benzene rings is 3. The summed E-state index contributed by atoms with van der Waals surface area (Å²) >= 11 is 3.42. The molecular formula is C22H22BrNO4S. The maximum absolute atomic E-state index is 12.6. The number of ether oxygens (including phenoxy) is 1. The molecule has 3 aromatic rings. The van der Waals surface area contributed by atoms with Gasteiger partial charge in [0.25, 0.3) is 0 Å². The van der Waals surface area contributed by atoms with Gasteiger partial charge in [-0.1, -0.05) is 29.8 Å². The lowest BCUT2D eigenvalue weighted by Crippen LogP contribution is -2.11. The Balaban J connectivity index is 1.83.